The van der Waals surface area contributed by atoms with Gasteiger partial charge in [-0.1, -0.05) is 24.3 Å². The highest BCUT2D eigenvalue weighted by atomic mass is 35.5. The molecule has 2 heterocycles. The molecule has 152 valence electrons. The molecule has 7 heteroatoms. The zero-order valence-corrected chi connectivity index (χ0v) is 17.5. The van der Waals surface area contributed by atoms with Gasteiger partial charge in [-0.2, -0.15) is 0 Å². The predicted octanol–water partition coefficient (Wildman–Crippen LogP) is 3.16. The number of benzene rings is 2. The maximum atomic E-state index is 12.5. The summed E-state index contributed by atoms with van der Waals surface area (Å²) in [4.78, 5) is 2.79. The Balaban J connectivity index is 0.00000225. The topological polar surface area (TPSA) is 58.6 Å². The molecule has 2 aliphatic rings. The van der Waals surface area contributed by atoms with E-state index in [1.54, 1.807) is 18.2 Å². The second-order valence-electron chi connectivity index (χ2n) is 7.27. The summed E-state index contributed by atoms with van der Waals surface area (Å²) in [7, 11) is -3.45. The Morgan fingerprint density at radius 3 is 2.68 bits per heavy atom. The largest absolute Gasteiger partial charge is 0.493 e. The van der Waals surface area contributed by atoms with Gasteiger partial charge < -0.3 is 4.74 Å². The minimum atomic E-state index is -3.45. The molecule has 0 bridgehead atoms. The Bertz CT molecular complexity index is 918. The van der Waals surface area contributed by atoms with Gasteiger partial charge in [0.2, 0.25) is 10.0 Å². The number of nitrogens with one attached hydrogen (secondary N) is 1. The minimum absolute atomic E-state index is 0. The van der Waals surface area contributed by atoms with Gasteiger partial charge in [-0.05, 0) is 60.7 Å². The highest BCUT2D eigenvalue weighted by Gasteiger charge is 2.19. The monoisotopic (exact) mass is 422 g/mol. The van der Waals surface area contributed by atoms with Crippen molar-refractivity contribution < 1.29 is 13.2 Å². The lowest BCUT2D eigenvalue weighted by Gasteiger charge is -2.28. The number of ether oxygens (including phenoxy) is 1. The van der Waals surface area contributed by atoms with Crippen LogP contribution >= 0.6 is 12.4 Å². The van der Waals surface area contributed by atoms with Gasteiger partial charge in [0.1, 0.15) is 5.75 Å². The number of unbranched alkanes of at least 4 members (excludes halogenated alkanes) is 1. The summed E-state index contributed by atoms with van der Waals surface area (Å²) >= 11 is 0. The van der Waals surface area contributed by atoms with Crippen LogP contribution in [0.3, 0.4) is 0 Å². The molecule has 2 aromatic rings. The lowest BCUT2D eigenvalue weighted by molar-refractivity contribution is 0.249. The Hall–Kier alpha value is -1.60. The molecule has 0 aromatic heterocycles. The van der Waals surface area contributed by atoms with Gasteiger partial charge in [0.15, 0.2) is 0 Å². The van der Waals surface area contributed by atoms with Crippen LogP contribution in [-0.2, 0) is 29.4 Å². The van der Waals surface area contributed by atoms with Crippen LogP contribution in [0, 0.1) is 0 Å². The third-order valence-corrected chi connectivity index (χ3v) is 6.83. The van der Waals surface area contributed by atoms with E-state index in [0.717, 1.165) is 56.6 Å². The molecule has 2 aliphatic heterocycles. The van der Waals surface area contributed by atoms with Gasteiger partial charge in [0.05, 0.1) is 11.5 Å². The maximum Gasteiger partial charge on any atom is 0.240 e. The van der Waals surface area contributed by atoms with E-state index in [2.05, 4.69) is 33.9 Å². The molecule has 0 fully saturated rings. The molecule has 0 spiro atoms. The summed E-state index contributed by atoms with van der Waals surface area (Å²) in [5.74, 6) is 0.803. The Labute approximate surface area is 173 Å². The van der Waals surface area contributed by atoms with E-state index in [-0.39, 0.29) is 12.4 Å². The molecule has 1 N–H and O–H groups in total. The highest BCUT2D eigenvalue weighted by molar-refractivity contribution is 7.89. The van der Waals surface area contributed by atoms with Crippen molar-refractivity contribution in [2.24, 2.45) is 0 Å². The van der Waals surface area contributed by atoms with Crippen molar-refractivity contribution in [2.75, 3.05) is 26.2 Å². The van der Waals surface area contributed by atoms with E-state index in [4.69, 9.17) is 4.74 Å². The van der Waals surface area contributed by atoms with Gasteiger partial charge in [-0.25, -0.2) is 13.1 Å². The molecule has 2 aromatic carbocycles. The first-order valence-electron chi connectivity index (χ1n) is 9.66. The Kier molecular flexibility index (Phi) is 6.99. The van der Waals surface area contributed by atoms with Crippen molar-refractivity contribution in [3.05, 3.63) is 59.2 Å². The van der Waals surface area contributed by atoms with Crippen LogP contribution in [0.15, 0.2) is 47.4 Å². The zero-order chi connectivity index (χ0) is 18.7. The van der Waals surface area contributed by atoms with Crippen molar-refractivity contribution in [3.8, 4) is 5.75 Å². The second-order valence-corrected chi connectivity index (χ2v) is 9.03. The van der Waals surface area contributed by atoms with Crippen LogP contribution in [0.2, 0.25) is 0 Å². The molecule has 0 amide bonds. The standard InChI is InChI=1S/C21H26N2O3S.ClH/c24-27(25,20-7-8-21-18(15-20)10-14-26-21)22-11-3-4-12-23-13-9-17-5-1-2-6-19(17)16-23;/h1-2,5-8,15,22H,3-4,9-14,16H2;1H. The van der Waals surface area contributed by atoms with Crippen molar-refractivity contribution in [3.63, 3.8) is 0 Å². The third-order valence-electron chi connectivity index (χ3n) is 5.37. The highest BCUT2D eigenvalue weighted by Crippen LogP contribution is 2.27. The van der Waals surface area contributed by atoms with Crippen LogP contribution in [0.1, 0.15) is 29.5 Å². The van der Waals surface area contributed by atoms with Gasteiger partial charge in [-0.3, -0.25) is 4.90 Å². The first-order chi connectivity index (χ1) is 13.1. The van der Waals surface area contributed by atoms with E-state index in [1.807, 2.05) is 0 Å². The lowest BCUT2D eigenvalue weighted by atomic mass is 10.00. The number of hydrogen-bond donors (Lipinski definition) is 1. The normalized spacial score (nSPS) is 16.0. The number of hydrogen-bond acceptors (Lipinski definition) is 4. The SMILES string of the molecule is Cl.O=S(=O)(NCCCCN1CCc2ccccc2C1)c1ccc2c(c1)CCO2. The fourth-order valence-electron chi connectivity index (χ4n) is 3.83. The fraction of sp³-hybridized carbons (Fsp3) is 0.429. The van der Waals surface area contributed by atoms with Gasteiger partial charge in [0, 0.05) is 26.1 Å². The zero-order valence-electron chi connectivity index (χ0n) is 15.9. The van der Waals surface area contributed by atoms with Crippen molar-refractivity contribution >= 4 is 22.4 Å². The number of halogens is 1. The molecule has 5 nitrogen and oxygen atoms in total. The first kappa shape index (κ1) is 21.1. The van der Waals surface area contributed by atoms with Gasteiger partial charge in [0.25, 0.3) is 0 Å². The van der Waals surface area contributed by atoms with Crippen LogP contribution in [0.25, 0.3) is 0 Å². The van der Waals surface area contributed by atoms with Crippen LogP contribution in [0.4, 0.5) is 0 Å². The molecule has 4 rings (SSSR count). The molecule has 0 saturated carbocycles. The summed E-state index contributed by atoms with van der Waals surface area (Å²) < 4.78 is 33.1. The summed E-state index contributed by atoms with van der Waals surface area (Å²) in [5.41, 5.74) is 3.86. The quantitative estimate of drug-likeness (QED) is 0.696. The minimum Gasteiger partial charge on any atom is -0.493 e. The van der Waals surface area contributed by atoms with Gasteiger partial charge >= 0.3 is 0 Å². The van der Waals surface area contributed by atoms with Crippen molar-refractivity contribution in [1.82, 2.24) is 9.62 Å². The Morgan fingerprint density at radius 2 is 1.82 bits per heavy atom. The number of rotatable bonds is 7. The smallest absolute Gasteiger partial charge is 0.240 e. The average molecular weight is 423 g/mol. The lowest BCUT2D eigenvalue weighted by Crippen LogP contribution is -2.32. The van der Waals surface area contributed by atoms with E-state index >= 15 is 0 Å². The van der Waals surface area contributed by atoms with E-state index in [9.17, 15) is 8.42 Å². The maximum absolute atomic E-state index is 12.5. The molecule has 0 radical (unpaired) electrons. The summed E-state index contributed by atoms with van der Waals surface area (Å²) in [5, 5.41) is 0. The average Bonchev–Trinajstić information content (AvgIpc) is 3.15. The molecular formula is C21H27ClN2O3S. The third kappa shape index (κ3) is 4.87. The molecular weight excluding hydrogens is 396 g/mol. The van der Waals surface area contributed by atoms with Crippen molar-refractivity contribution in [1.29, 1.82) is 0 Å². The molecule has 0 aliphatic carbocycles. The first-order valence-corrected chi connectivity index (χ1v) is 11.1. The summed E-state index contributed by atoms with van der Waals surface area (Å²) in [6.07, 6.45) is 3.71. The molecule has 0 atom stereocenters. The fourth-order valence-corrected chi connectivity index (χ4v) is 4.95. The second kappa shape index (κ2) is 9.27. The predicted molar refractivity (Wildman–Crippen MR) is 113 cm³/mol. The number of fused-ring (bicyclic) bond motifs is 2. The summed E-state index contributed by atoms with van der Waals surface area (Å²) in [6, 6.07) is 13.7. The molecule has 0 saturated heterocycles. The number of nitrogens with zero attached hydrogens (tertiary/aromatic N) is 1. The molecule has 28 heavy (non-hydrogen) atoms. The van der Waals surface area contributed by atoms with Crippen LogP contribution < -0.4 is 9.46 Å². The number of sulfonamides is 1. The van der Waals surface area contributed by atoms with E-state index in [0.29, 0.717) is 18.0 Å². The van der Waals surface area contributed by atoms with E-state index < -0.39 is 10.0 Å². The van der Waals surface area contributed by atoms with Gasteiger partial charge in [-0.15, -0.1) is 12.4 Å². The summed E-state index contributed by atoms with van der Waals surface area (Å²) in [6.45, 7) is 4.19. The Morgan fingerprint density at radius 1 is 1.00 bits per heavy atom. The molecule has 0 unspecified atom stereocenters. The van der Waals surface area contributed by atoms with Crippen molar-refractivity contribution in [2.45, 2.75) is 37.1 Å². The van der Waals surface area contributed by atoms with Crippen LogP contribution in [-0.4, -0.2) is 39.6 Å². The van der Waals surface area contributed by atoms with E-state index in [1.165, 1.54) is 11.1 Å². The van der Waals surface area contributed by atoms with Crippen LogP contribution in [0.5, 0.6) is 5.75 Å².